The Morgan fingerprint density at radius 1 is 1.15 bits per heavy atom. The number of piperidine rings is 1. The number of carbonyl (C=O) groups is 2. The lowest BCUT2D eigenvalue weighted by atomic mass is 9.84. The molecule has 0 spiro atoms. The monoisotopic (exact) mass is 463 g/mol. The lowest BCUT2D eigenvalue weighted by Gasteiger charge is -2.40. The summed E-state index contributed by atoms with van der Waals surface area (Å²) < 4.78 is 6.86. The normalized spacial score (nSPS) is 15.4. The molecule has 8 nitrogen and oxygen atoms in total. The van der Waals surface area contributed by atoms with Crippen LogP contribution >= 0.6 is 0 Å². The fourth-order valence-corrected chi connectivity index (χ4v) is 4.89. The van der Waals surface area contributed by atoms with Crippen molar-refractivity contribution in [3.05, 3.63) is 70.9 Å². The van der Waals surface area contributed by atoms with Crippen LogP contribution in [0.1, 0.15) is 45.9 Å². The lowest BCUT2D eigenvalue weighted by Crippen LogP contribution is -2.48. The van der Waals surface area contributed by atoms with E-state index in [9.17, 15) is 9.59 Å². The molecule has 1 fully saturated rings. The molecule has 1 aliphatic heterocycles. The van der Waals surface area contributed by atoms with Gasteiger partial charge in [-0.1, -0.05) is 35.5 Å². The van der Waals surface area contributed by atoms with Gasteiger partial charge in [-0.15, -0.1) is 0 Å². The van der Waals surface area contributed by atoms with Crippen LogP contribution in [0.4, 0.5) is 0 Å². The standard InChI is InChI=1S/C26H33N5O3/c1-18-22(19(2)34-28-18)17-25(32)31-14-10-21(11-15-31)24(16-20-8-6-5-7-9-20)30(4)26(33)23-12-13-29(3)27-23/h5-9,12-13,21,24H,10-11,14-17H2,1-4H3/t24-/m1/s1. The highest BCUT2D eigenvalue weighted by Crippen LogP contribution is 2.28. The Kier molecular flexibility index (Phi) is 7.14. The minimum Gasteiger partial charge on any atom is -0.361 e. The maximum Gasteiger partial charge on any atom is 0.274 e. The first-order valence-corrected chi connectivity index (χ1v) is 11.8. The van der Waals surface area contributed by atoms with Crippen molar-refractivity contribution in [1.29, 1.82) is 0 Å². The topological polar surface area (TPSA) is 84.5 Å². The van der Waals surface area contributed by atoms with Gasteiger partial charge in [-0.25, -0.2) is 0 Å². The zero-order valence-electron chi connectivity index (χ0n) is 20.4. The second-order valence-electron chi connectivity index (χ2n) is 9.25. The average molecular weight is 464 g/mol. The van der Waals surface area contributed by atoms with Gasteiger partial charge in [0.2, 0.25) is 5.91 Å². The molecule has 1 saturated heterocycles. The van der Waals surface area contributed by atoms with Gasteiger partial charge in [0.1, 0.15) is 11.5 Å². The van der Waals surface area contributed by atoms with Crippen molar-refractivity contribution in [2.24, 2.45) is 13.0 Å². The Morgan fingerprint density at radius 3 is 2.44 bits per heavy atom. The quantitative estimate of drug-likeness (QED) is 0.537. The second-order valence-corrected chi connectivity index (χ2v) is 9.25. The van der Waals surface area contributed by atoms with E-state index < -0.39 is 0 Å². The molecular formula is C26H33N5O3. The molecule has 0 N–H and O–H groups in total. The summed E-state index contributed by atoms with van der Waals surface area (Å²) in [5, 5.41) is 8.27. The highest BCUT2D eigenvalue weighted by atomic mass is 16.5. The van der Waals surface area contributed by atoms with Crippen LogP contribution in [0.5, 0.6) is 0 Å². The van der Waals surface area contributed by atoms with Crippen LogP contribution in [-0.4, -0.2) is 62.7 Å². The first-order chi connectivity index (χ1) is 16.3. The van der Waals surface area contributed by atoms with Gasteiger partial charge in [0.15, 0.2) is 0 Å². The number of rotatable bonds is 7. The minimum atomic E-state index is -0.0709. The fourth-order valence-electron chi connectivity index (χ4n) is 4.89. The van der Waals surface area contributed by atoms with E-state index in [0.29, 0.717) is 36.9 Å². The Bertz CT molecular complexity index is 1110. The van der Waals surface area contributed by atoms with Crippen LogP contribution in [0.2, 0.25) is 0 Å². The summed E-state index contributed by atoms with van der Waals surface area (Å²) in [5.41, 5.74) is 3.31. The van der Waals surface area contributed by atoms with Gasteiger partial charge in [-0.2, -0.15) is 5.10 Å². The summed E-state index contributed by atoms with van der Waals surface area (Å²) in [5.74, 6) is 1.03. The van der Waals surface area contributed by atoms with Crippen molar-refractivity contribution in [2.75, 3.05) is 20.1 Å². The van der Waals surface area contributed by atoms with E-state index in [-0.39, 0.29) is 17.9 Å². The van der Waals surface area contributed by atoms with Crippen LogP contribution in [0.3, 0.4) is 0 Å². The summed E-state index contributed by atoms with van der Waals surface area (Å²) in [6.45, 7) is 5.08. The zero-order valence-corrected chi connectivity index (χ0v) is 20.4. The first-order valence-electron chi connectivity index (χ1n) is 11.8. The van der Waals surface area contributed by atoms with Gasteiger partial charge in [-0.05, 0) is 50.7 Å². The maximum absolute atomic E-state index is 13.2. The number of amides is 2. The Morgan fingerprint density at radius 2 is 1.85 bits per heavy atom. The van der Waals surface area contributed by atoms with Crippen LogP contribution in [0.15, 0.2) is 47.1 Å². The second kappa shape index (κ2) is 10.2. The number of likely N-dealkylation sites (N-methyl/N-ethyl adjacent to an activating group) is 1. The van der Waals surface area contributed by atoms with Gasteiger partial charge >= 0.3 is 0 Å². The van der Waals surface area contributed by atoms with Crippen molar-refractivity contribution < 1.29 is 14.1 Å². The van der Waals surface area contributed by atoms with Gasteiger partial charge in [0.05, 0.1) is 12.1 Å². The molecule has 2 amide bonds. The molecule has 3 aromatic rings. The highest BCUT2D eigenvalue weighted by molar-refractivity contribution is 5.92. The maximum atomic E-state index is 13.2. The summed E-state index contributed by atoms with van der Waals surface area (Å²) in [4.78, 5) is 29.9. The predicted molar refractivity (Wildman–Crippen MR) is 128 cm³/mol. The van der Waals surface area contributed by atoms with Gasteiger partial charge in [-0.3, -0.25) is 14.3 Å². The molecule has 4 rings (SSSR count). The van der Waals surface area contributed by atoms with E-state index in [2.05, 4.69) is 22.4 Å². The SMILES string of the molecule is Cc1noc(C)c1CC(=O)N1CCC([C@@H](Cc2ccccc2)N(C)C(=O)c2ccn(C)n2)CC1. The summed E-state index contributed by atoms with van der Waals surface area (Å²) >= 11 is 0. The van der Waals surface area contributed by atoms with Crippen LogP contribution in [0.25, 0.3) is 0 Å². The summed E-state index contributed by atoms with van der Waals surface area (Å²) in [6, 6.07) is 12.1. The smallest absolute Gasteiger partial charge is 0.274 e. The van der Waals surface area contributed by atoms with E-state index in [1.165, 1.54) is 5.56 Å². The number of nitrogens with zero attached hydrogens (tertiary/aromatic N) is 5. The van der Waals surface area contributed by atoms with Crippen LogP contribution < -0.4 is 0 Å². The molecule has 0 radical (unpaired) electrons. The first kappa shape index (κ1) is 23.7. The lowest BCUT2D eigenvalue weighted by molar-refractivity contribution is -0.132. The van der Waals surface area contributed by atoms with E-state index in [1.54, 1.807) is 16.9 Å². The molecule has 1 aliphatic rings. The molecule has 1 atom stereocenters. The number of aryl methyl sites for hydroxylation is 3. The number of aromatic nitrogens is 3. The van der Waals surface area contributed by atoms with Crippen LogP contribution in [0, 0.1) is 19.8 Å². The molecular weight excluding hydrogens is 430 g/mol. The minimum absolute atomic E-state index is 0.0247. The number of carbonyl (C=O) groups excluding carboxylic acids is 2. The molecule has 0 unspecified atom stereocenters. The van der Waals surface area contributed by atoms with Crippen molar-refractivity contribution >= 4 is 11.8 Å². The molecule has 0 aliphatic carbocycles. The molecule has 8 heteroatoms. The molecule has 34 heavy (non-hydrogen) atoms. The Hall–Kier alpha value is -3.42. The van der Waals surface area contributed by atoms with Crippen molar-refractivity contribution in [3.8, 4) is 0 Å². The van der Waals surface area contributed by atoms with E-state index >= 15 is 0 Å². The van der Waals surface area contributed by atoms with Crippen LogP contribution in [-0.2, 0) is 24.7 Å². The third-order valence-electron chi connectivity index (χ3n) is 6.98. The summed E-state index contributed by atoms with van der Waals surface area (Å²) in [7, 11) is 3.69. The van der Waals surface area contributed by atoms with Crippen molar-refractivity contribution in [1.82, 2.24) is 24.7 Å². The van der Waals surface area contributed by atoms with Gasteiger partial charge in [0.25, 0.3) is 5.91 Å². The third kappa shape index (κ3) is 5.21. The van der Waals surface area contributed by atoms with Crippen molar-refractivity contribution in [2.45, 2.75) is 45.6 Å². The average Bonchev–Trinajstić information content (AvgIpc) is 3.42. The number of likely N-dealkylation sites (tertiary alicyclic amines) is 1. The largest absolute Gasteiger partial charge is 0.361 e. The molecule has 2 aromatic heterocycles. The molecule has 0 bridgehead atoms. The van der Waals surface area contributed by atoms with E-state index in [4.69, 9.17) is 4.52 Å². The van der Waals surface area contributed by atoms with Gasteiger partial charge < -0.3 is 14.3 Å². The molecule has 1 aromatic carbocycles. The van der Waals surface area contributed by atoms with E-state index in [1.807, 2.05) is 55.9 Å². The van der Waals surface area contributed by atoms with Crippen molar-refractivity contribution in [3.63, 3.8) is 0 Å². The number of hydrogen-bond donors (Lipinski definition) is 0. The predicted octanol–water partition coefficient (Wildman–Crippen LogP) is 3.19. The Balaban J connectivity index is 1.45. The molecule has 0 saturated carbocycles. The Labute approximate surface area is 200 Å². The number of benzene rings is 1. The third-order valence-corrected chi connectivity index (χ3v) is 6.98. The highest BCUT2D eigenvalue weighted by Gasteiger charge is 2.34. The number of hydrogen-bond acceptors (Lipinski definition) is 5. The van der Waals surface area contributed by atoms with E-state index in [0.717, 1.165) is 30.5 Å². The fraction of sp³-hybridized carbons (Fsp3) is 0.462. The zero-order chi connectivity index (χ0) is 24.2. The van der Waals surface area contributed by atoms with Gasteiger partial charge in [0, 0.05) is 45.0 Å². The molecule has 180 valence electrons. The molecule has 3 heterocycles. The summed E-state index contributed by atoms with van der Waals surface area (Å²) in [6.07, 6.45) is 4.58.